The normalized spacial score (nSPS) is 19.8. The highest BCUT2D eigenvalue weighted by Crippen LogP contribution is 2.49. The maximum Gasteiger partial charge on any atom is 0.278 e. The van der Waals surface area contributed by atoms with Crippen molar-refractivity contribution in [2.45, 2.75) is 5.66 Å². The van der Waals surface area contributed by atoms with Crippen LogP contribution in [0.4, 0.5) is 17.1 Å². The Morgan fingerprint density at radius 2 is 1.69 bits per heavy atom. The molecule has 29 heavy (non-hydrogen) atoms. The summed E-state index contributed by atoms with van der Waals surface area (Å²) < 4.78 is 5.37. The van der Waals surface area contributed by atoms with E-state index in [2.05, 4.69) is 5.32 Å². The average molecular weight is 385 g/mol. The molecule has 0 aliphatic carbocycles. The number of amides is 2. The van der Waals surface area contributed by atoms with Gasteiger partial charge in [-0.3, -0.25) is 14.5 Å². The van der Waals surface area contributed by atoms with Crippen LogP contribution >= 0.6 is 0 Å². The molecule has 0 saturated heterocycles. The van der Waals surface area contributed by atoms with Crippen LogP contribution in [0, 0.1) is 0 Å². The SMILES string of the molecule is COc1cccc(N2C(=O)c3ccccc3N[C@@]23C(=O)N(C)c2ccccc23)c1. The van der Waals surface area contributed by atoms with E-state index in [9.17, 15) is 9.59 Å². The lowest BCUT2D eigenvalue weighted by Gasteiger charge is -2.44. The first kappa shape index (κ1) is 17.3. The third-order valence-corrected chi connectivity index (χ3v) is 5.59. The summed E-state index contributed by atoms with van der Waals surface area (Å²) >= 11 is 0. The first-order chi connectivity index (χ1) is 14.1. The highest BCUT2D eigenvalue weighted by atomic mass is 16.5. The molecule has 2 aliphatic heterocycles. The molecular weight excluding hydrogens is 366 g/mol. The van der Waals surface area contributed by atoms with E-state index in [4.69, 9.17) is 4.74 Å². The molecule has 1 N–H and O–H groups in total. The number of para-hydroxylation sites is 2. The number of fused-ring (bicyclic) bond motifs is 3. The highest BCUT2D eigenvalue weighted by molar-refractivity contribution is 6.22. The van der Waals surface area contributed by atoms with Crippen molar-refractivity contribution in [1.82, 2.24) is 0 Å². The molecule has 6 heteroatoms. The minimum atomic E-state index is -1.37. The quantitative estimate of drug-likeness (QED) is 0.732. The summed E-state index contributed by atoms with van der Waals surface area (Å²) in [4.78, 5) is 30.5. The van der Waals surface area contributed by atoms with Crippen molar-refractivity contribution in [1.29, 1.82) is 0 Å². The van der Waals surface area contributed by atoms with Gasteiger partial charge in [0.1, 0.15) is 5.75 Å². The van der Waals surface area contributed by atoms with Gasteiger partial charge in [-0.05, 0) is 30.3 Å². The molecule has 0 unspecified atom stereocenters. The third-order valence-electron chi connectivity index (χ3n) is 5.59. The molecule has 2 amide bonds. The predicted molar refractivity (Wildman–Crippen MR) is 111 cm³/mol. The minimum Gasteiger partial charge on any atom is -0.497 e. The van der Waals surface area contributed by atoms with E-state index in [-0.39, 0.29) is 11.8 Å². The lowest BCUT2D eigenvalue weighted by atomic mass is 9.92. The zero-order valence-electron chi connectivity index (χ0n) is 16.0. The second-order valence-electron chi connectivity index (χ2n) is 7.10. The molecule has 0 fully saturated rings. The van der Waals surface area contributed by atoms with Crippen LogP contribution < -0.4 is 19.9 Å². The Kier molecular flexibility index (Phi) is 3.64. The molecule has 5 rings (SSSR count). The molecule has 1 spiro atoms. The number of benzene rings is 3. The minimum absolute atomic E-state index is 0.218. The Hall–Kier alpha value is -3.80. The fourth-order valence-electron chi connectivity index (χ4n) is 4.24. The molecule has 1 atom stereocenters. The van der Waals surface area contributed by atoms with Gasteiger partial charge in [0.05, 0.1) is 24.0 Å². The molecule has 144 valence electrons. The van der Waals surface area contributed by atoms with E-state index >= 15 is 0 Å². The number of nitrogens with one attached hydrogen (secondary N) is 1. The van der Waals surface area contributed by atoms with E-state index < -0.39 is 5.66 Å². The summed E-state index contributed by atoms with van der Waals surface area (Å²) in [6.07, 6.45) is 0. The van der Waals surface area contributed by atoms with Gasteiger partial charge in [-0.2, -0.15) is 0 Å². The lowest BCUT2D eigenvalue weighted by molar-refractivity contribution is -0.121. The van der Waals surface area contributed by atoms with Gasteiger partial charge in [0.15, 0.2) is 0 Å². The number of carbonyl (C=O) groups is 2. The fraction of sp³-hybridized carbons (Fsp3) is 0.130. The van der Waals surface area contributed by atoms with Gasteiger partial charge in [0.2, 0.25) is 5.66 Å². The van der Waals surface area contributed by atoms with Gasteiger partial charge < -0.3 is 15.0 Å². The van der Waals surface area contributed by atoms with E-state index in [1.807, 2.05) is 60.7 Å². The summed E-state index contributed by atoms with van der Waals surface area (Å²) in [5.74, 6) is 0.145. The standard InChI is InChI=1S/C23H19N3O3/c1-25-20-13-6-4-11-18(20)23(22(25)28)24-19-12-5-3-10-17(19)21(27)26(23)15-8-7-9-16(14-15)29-2/h3-14,24H,1-2H3/t23-/m1/s1. The van der Waals surface area contributed by atoms with Crippen LogP contribution in [0.2, 0.25) is 0 Å². The number of anilines is 3. The second kappa shape index (κ2) is 6.10. The molecule has 0 saturated carbocycles. The first-order valence-electron chi connectivity index (χ1n) is 9.31. The molecule has 0 radical (unpaired) electrons. The van der Waals surface area contributed by atoms with Crippen LogP contribution in [0.15, 0.2) is 72.8 Å². The maximum atomic E-state index is 13.7. The van der Waals surface area contributed by atoms with Gasteiger partial charge in [-0.1, -0.05) is 36.4 Å². The number of hydrogen-bond donors (Lipinski definition) is 1. The monoisotopic (exact) mass is 385 g/mol. The van der Waals surface area contributed by atoms with Crippen molar-refractivity contribution in [3.63, 3.8) is 0 Å². The molecule has 6 nitrogen and oxygen atoms in total. The zero-order valence-corrected chi connectivity index (χ0v) is 16.0. The van der Waals surface area contributed by atoms with Gasteiger partial charge in [0, 0.05) is 24.4 Å². The molecule has 2 aliphatic rings. The Morgan fingerprint density at radius 1 is 0.931 bits per heavy atom. The maximum absolute atomic E-state index is 13.7. The molecule has 3 aromatic carbocycles. The van der Waals surface area contributed by atoms with E-state index in [0.29, 0.717) is 22.7 Å². The number of nitrogens with zero attached hydrogens (tertiary/aromatic N) is 2. The Morgan fingerprint density at radius 3 is 2.52 bits per heavy atom. The number of carbonyl (C=O) groups excluding carboxylic acids is 2. The van der Waals surface area contributed by atoms with Gasteiger partial charge >= 0.3 is 0 Å². The predicted octanol–water partition coefficient (Wildman–Crippen LogP) is 3.60. The Labute approximate surface area is 168 Å². The first-order valence-corrected chi connectivity index (χ1v) is 9.31. The van der Waals surface area contributed by atoms with Crippen molar-refractivity contribution in [2.24, 2.45) is 0 Å². The third kappa shape index (κ3) is 2.23. The van der Waals surface area contributed by atoms with Crippen molar-refractivity contribution >= 4 is 28.9 Å². The molecule has 2 heterocycles. The van der Waals surface area contributed by atoms with Crippen LogP contribution in [0.25, 0.3) is 0 Å². The van der Waals surface area contributed by atoms with Crippen LogP contribution in [0.1, 0.15) is 15.9 Å². The summed E-state index contributed by atoms with van der Waals surface area (Å²) in [6.45, 7) is 0. The highest BCUT2D eigenvalue weighted by Gasteiger charge is 2.58. The topological polar surface area (TPSA) is 61.9 Å². The van der Waals surface area contributed by atoms with E-state index in [1.54, 1.807) is 36.1 Å². The van der Waals surface area contributed by atoms with Gasteiger partial charge in [-0.25, -0.2) is 0 Å². The number of rotatable bonds is 2. The number of ether oxygens (including phenoxy) is 1. The largest absolute Gasteiger partial charge is 0.497 e. The van der Waals surface area contributed by atoms with Gasteiger partial charge in [-0.15, -0.1) is 0 Å². The number of methoxy groups -OCH3 is 1. The molecule has 0 bridgehead atoms. The van der Waals surface area contributed by atoms with Crippen LogP contribution in [-0.4, -0.2) is 26.0 Å². The summed E-state index contributed by atoms with van der Waals surface area (Å²) in [7, 11) is 3.30. The molecular formula is C23H19N3O3. The number of likely N-dealkylation sites (N-methyl/N-ethyl adjacent to an activating group) is 1. The van der Waals surface area contributed by atoms with Crippen molar-refractivity contribution in [3.8, 4) is 5.75 Å². The van der Waals surface area contributed by atoms with Crippen LogP contribution in [0.5, 0.6) is 5.75 Å². The Bertz CT molecular complexity index is 1160. The lowest BCUT2D eigenvalue weighted by Crippen LogP contribution is -2.62. The average Bonchev–Trinajstić information content (AvgIpc) is 2.97. The Balaban J connectivity index is 1.83. The summed E-state index contributed by atoms with van der Waals surface area (Å²) in [5.41, 5.74) is 1.86. The van der Waals surface area contributed by atoms with Crippen molar-refractivity contribution < 1.29 is 14.3 Å². The summed E-state index contributed by atoms with van der Waals surface area (Å²) in [6, 6.07) is 22.0. The van der Waals surface area contributed by atoms with E-state index in [1.165, 1.54) is 0 Å². The fourth-order valence-corrected chi connectivity index (χ4v) is 4.24. The molecule has 0 aromatic heterocycles. The van der Waals surface area contributed by atoms with Crippen LogP contribution in [-0.2, 0) is 10.5 Å². The van der Waals surface area contributed by atoms with Gasteiger partial charge in [0.25, 0.3) is 11.8 Å². The number of hydrogen-bond acceptors (Lipinski definition) is 4. The zero-order chi connectivity index (χ0) is 20.2. The van der Waals surface area contributed by atoms with E-state index in [0.717, 1.165) is 11.3 Å². The second-order valence-corrected chi connectivity index (χ2v) is 7.10. The smallest absolute Gasteiger partial charge is 0.278 e. The van der Waals surface area contributed by atoms with Crippen molar-refractivity contribution in [2.75, 3.05) is 29.3 Å². The van der Waals surface area contributed by atoms with Crippen molar-refractivity contribution in [3.05, 3.63) is 83.9 Å². The summed E-state index contributed by atoms with van der Waals surface area (Å²) in [5, 5.41) is 3.40. The molecule has 3 aromatic rings. The van der Waals surface area contributed by atoms with Crippen LogP contribution in [0.3, 0.4) is 0 Å².